The van der Waals surface area contributed by atoms with Crippen LogP contribution in [-0.4, -0.2) is 35.0 Å². The maximum absolute atomic E-state index is 12.4. The third-order valence-corrected chi connectivity index (χ3v) is 3.07. The van der Waals surface area contributed by atoms with Crippen LogP contribution >= 0.6 is 0 Å². The molecule has 0 saturated heterocycles. The first kappa shape index (κ1) is 17.4. The van der Waals surface area contributed by atoms with Crippen molar-refractivity contribution in [3.05, 3.63) is 47.4 Å². The summed E-state index contributed by atoms with van der Waals surface area (Å²) in [7, 11) is 1.32. The second kappa shape index (κ2) is 7.54. The summed E-state index contributed by atoms with van der Waals surface area (Å²) in [4.78, 5) is 32.2. The quantitative estimate of drug-likeness (QED) is 0.820. The number of methoxy groups -OCH3 is 1. The number of anilines is 2. The second-order valence-corrected chi connectivity index (χ2v) is 5.51. The highest BCUT2D eigenvalue weighted by Crippen LogP contribution is 2.13. The Morgan fingerprint density at radius 3 is 2.38 bits per heavy atom. The maximum atomic E-state index is 12.4. The summed E-state index contributed by atoms with van der Waals surface area (Å²) in [6, 6.07) is 8.22. The van der Waals surface area contributed by atoms with Gasteiger partial charge in [-0.3, -0.25) is 4.79 Å². The molecule has 126 valence electrons. The molecule has 0 saturated carbocycles. The van der Waals surface area contributed by atoms with E-state index < -0.39 is 5.97 Å². The fourth-order valence-corrected chi connectivity index (χ4v) is 2.06. The third kappa shape index (κ3) is 4.52. The number of hydrogen-bond donors (Lipinski definition) is 2. The Morgan fingerprint density at radius 1 is 1.12 bits per heavy atom. The molecule has 0 atom stereocenters. The van der Waals surface area contributed by atoms with Crippen molar-refractivity contribution in [3.8, 4) is 0 Å². The summed E-state index contributed by atoms with van der Waals surface area (Å²) in [6.45, 7) is 5.70. The van der Waals surface area contributed by atoms with Crippen molar-refractivity contribution in [1.29, 1.82) is 0 Å². The molecule has 0 aliphatic carbocycles. The molecule has 0 unspecified atom stereocenters. The molecule has 1 aromatic heterocycles. The third-order valence-electron chi connectivity index (χ3n) is 3.07. The minimum atomic E-state index is -0.427. The van der Waals surface area contributed by atoms with Gasteiger partial charge in [0.1, 0.15) is 17.3 Å². The lowest BCUT2D eigenvalue weighted by Gasteiger charge is -2.11. The average Bonchev–Trinajstić information content (AvgIpc) is 2.53. The van der Waals surface area contributed by atoms with Gasteiger partial charge in [0.15, 0.2) is 0 Å². The van der Waals surface area contributed by atoms with Gasteiger partial charge in [0, 0.05) is 17.8 Å². The van der Waals surface area contributed by atoms with Crippen molar-refractivity contribution in [3.63, 3.8) is 0 Å². The lowest BCUT2D eigenvalue weighted by atomic mass is 10.2. The number of amides is 1. The van der Waals surface area contributed by atoms with E-state index in [4.69, 9.17) is 0 Å². The van der Waals surface area contributed by atoms with Crippen LogP contribution < -0.4 is 10.6 Å². The number of hydrogen-bond acceptors (Lipinski definition) is 6. The summed E-state index contributed by atoms with van der Waals surface area (Å²) in [6.07, 6.45) is 0. The molecule has 0 radical (unpaired) electrons. The predicted octanol–water partition coefficient (Wildman–Crippen LogP) is 2.64. The van der Waals surface area contributed by atoms with Gasteiger partial charge < -0.3 is 15.4 Å². The smallest absolute Gasteiger partial charge is 0.337 e. The zero-order chi connectivity index (χ0) is 17.7. The zero-order valence-corrected chi connectivity index (χ0v) is 14.1. The van der Waals surface area contributed by atoms with E-state index >= 15 is 0 Å². The molecule has 1 amide bonds. The topological polar surface area (TPSA) is 93.2 Å². The Hall–Kier alpha value is -2.96. The number of carbonyl (C=O) groups is 2. The van der Waals surface area contributed by atoms with Crippen molar-refractivity contribution in [2.45, 2.75) is 26.8 Å². The fraction of sp³-hybridized carbons (Fsp3) is 0.294. The highest BCUT2D eigenvalue weighted by molar-refractivity contribution is 6.03. The van der Waals surface area contributed by atoms with E-state index in [9.17, 15) is 9.59 Å². The van der Waals surface area contributed by atoms with Gasteiger partial charge in [-0.1, -0.05) is 0 Å². The van der Waals surface area contributed by atoms with Crippen LogP contribution in [0.25, 0.3) is 0 Å². The predicted molar refractivity (Wildman–Crippen MR) is 91.3 cm³/mol. The van der Waals surface area contributed by atoms with E-state index in [1.54, 1.807) is 37.3 Å². The molecule has 2 N–H and O–H groups in total. The molecule has 2 aromatic rings. The maximum Gasteiger partial charge on any atom is 0.337 e. The lowest BCUT2D eigenvalue weighted by molar-refractivity contribution is 0.0600. The number of ether oxygens (including phenoxy) is 1. The minimum absolute atomic E-state index is 0.195. The van der Waals surface area contributed by atoms with Crippen LogP contribution in [0.2, 0.25) is 0 Å². The van der Waals surface area contributed by atoms with Gasteiger partial charge in [0.2, 0.25) is 0 Å². The molecule has 24 heavy (non-hydrogen) atoms. The Kier molecular flexibility index (Phi) is 5.47. The van der Waals surface area contributed by atoms with E-state index in [2.05, 4.69) is 25.3 Å². The van der Waals surface area contributed by atoms with Gasteiger partial charge >= 0.3 is 5.97 Å². The van der Waals surface area contributed by atoms with Crippen LogP contribution in [0.1, 0.15) is 40.5 Å². The summed E-state index contributed by atoms with van der Waals surface area (Å²) >= 11 is 0. The van der Waals surface area contributed by atoms with E-state index in [1.165, 1.54) is 7.11 Å². The number of carbonyl (C=O) groups excluding carboxylic acids is 2. The number of esters is 1. The van der Waals surface area contributed by atoms with E-state index in [-0.39, 0.29) is 17.6 Å². The molecule has 0 fully saturated rings. The van der Waals surface area contributed by atoms with Gasteiger partial charge in [-0.25, -0.2) is 14.8 Å². The van der Waals surface area contributed by atoms with Gasteiger partial charge in [0.25, 0.3) is 5.91 Å². The fourth-order valence-electron chi connectivity index (χ4n) is 2.06. The highest BCUT2D eigenvalue weighted by Gasteiger charge is 2.12. The van der Waals surface area contributed by atoms with Crippen LogP contribution in [0.15, 0.2) is 30.3 Å². The van der Waals surface area contributed by atoms with E-state index in [0.717, 1.165) is 0 Å². The van der Waals surface area contributed by atoms with Crippen LogP contribution in [-0.2, 0) is 4.74 Å². The van der Waals surface area contributed by atoms with E-state index in [0.29, 0.717) is 22.9 Å². The summed E-state index contributed by atoms with van der Waals surface area (Å²) in [5.74, 6) is 0.331. The van der Waals surface area contributed by atoms with Crippen LogP contribution in [0.4, 0.5) is 11.5 Å². The van der Waals surface area contributed by atoms with Crippen molar-refractivity contribution >= 4 is 23.4 Å². The molecular weight excluding hydrogens is 308 g/mol. The van der Waals surface area contributed by atoms with Gasteiger partial charge in [0.05, 0.1) is 12.7 Å². The Bertz CT molecular complexity index is 742. The standard InChI is InChI=1S/C17H20N4O3/c1-10(2)18-15-9-14(19-11(3)20-15)16(22)21-13-7-5-12(6-8-13)17(23)24-4/h5-10H,1-4H3,(H,21,22)(H,18,19,20). The summed E-state index contributed by atoms with van der Waals surface area (Å²) in [5, 5.41) is 5.89. The van der Waals surface area contributed by atoms with Crippen molar-refractivity contribution in [2.24, 2.45) is 0 Å². The molecule has 0 bridgehead atoms. The number of benzene rings is 1. The minimum Gasteiger partial charge on any atom is -0.465 e. The highest BCUT2D eigenvalue weighted by atomic mass is 16.5. The van der Waals surface area contributed by atoms with Crippen LogP contribution in [0.5, 0.6) is 0 Å². The van der Waals surface area contributed by atoms with Gasteiger partial charge in [-0.05, 0) is 45.0 Å². The second-order valence-electron chi connectivity index (χ2n) is 5.51. The molecule has 0 aliphatic rings. The first-order chi connectivity index (χ1) is 11.4. The largest absolute Gasteiger partial charge is 0.465 e. The monoisotopic (exact) mass is 328 g/mol. The molecular formula is C17H20N4O3. The number of rotatable bonds is 5. The number of aromatic nitrogens is 2. The molecule has 7 nitrogen and oxygen atoms in total. The normalized spacial score (nSPS) is 10.4. The van der Waals surface area contributed by atoms with Gasteiger partial charge in [-0.2, -0.15) is 0 Å². The molecule has 2 rings (SSSR count). The molecule has 1 aromatic carbocycles. The van der Waals surface area contributed by atoms with Crippen molar-refractivity contribution in [2.75, 3.05) is 17.7 Å². The number of nitrogens with zero attached hydrogens (tertiary/aromatic N) is 2. The molecule has 0 aliphatic heterocycles. The Labute approximate surface area is 140 Å². The first-order valence-electron chi connectivity index (χ1n) is 7.51. The average molecular weight is 328 g/mol. The molecule has 0 spiro atoms. The molecule has 1 heterocycles. The zero-order valence-electron chi connectivity index (χ0n) is 14.1. The van der Waals surface area contributed by atoms with Crippen molar-refractivity contribution < 1.29 is 14.3 Å². The Balaban J connectivity index is 2.14. The van der Waals surface area contributed by atoms with E-state index in [1.807, 2.05) is 13.8 Å². The SMILES string of the molecule is COC(=O)c1ccc(NC(=O)c2cc(NC(C)C)nc(C)n2)cc1. The number of aryl methyl sites for hydroxylation is 1. The van der Waals surface area contributed by atoms with Crippen molar-refractivity contribution in [1.82, 2.24) is 9.97 Å². The van der Waals surface area contributed by atoms with Gasteiger partial charge in [-0.15, -0.1) is 0 Å². The summed E-state index contributed by atoms with van der Waals surface area (Å²) in [5.41, 5.74) is 1.24. The van der Waals surface area contributed by atoms with Crippen LogP contribution in [0.3, 0.4) is 0 Å². The lowest BCUT2D eigenvalue weighted by Crippen LogP contribution is -2.17. The van der Waals surface area contributed by atoms with Crippen LogP contribution in [0, 0.1) is 6.92 Å². The summed E-state index contributed by atoms with van der Waals surface area (Å²) < 4.78 is 4.63. The Morgan fingerprint density at radius 2 is 1.79 bits per heavy atom. The number of nitrogens with one attached hydrogen (secondary N) is 2. The molecule has 7 heteroatoms. The first-order valence-corrected chi connectivity index (χ1v) is 7.51.